The molecule has 2 atom stereocenters. The van der Waals surface area contributed by atoms with E-state index in [1.54, 1.807) is 0 Å². The Kier molecular flexibility index (Phi) is 51.5. The second kappa shape index (κ2) is 52.6. The first-order valence-corrected chi connectivity index (χ1v) is 28.4. The van der Waals surface area contributed by atoms with Crippen LogP contribution in [0.1, 0.15) is 291 Å². The maximum absolute atomic E-state index is 12.9. The molecule has 0 amide bonds. The zero-order valence-corrected chi connectivity index (χ0v) is 43.4. The van der Waals surface area contributed by atoms with Crippen LogP contribution in [0, 0.1) is 0 Å². The monoisotopic (exact) mass is 910 g/mol. The van der Waals surface area contributed by atoms with Gasteiger partial charge in [-0.3, -0.25) is 4.79 Å². The van der Waals surface area contributed by atoms with Gasteiger partial charge in [-0.05, 0) is 90.1 Å². The number of unbranched alkanes of at least 4 members (excludes halogenated alkanes) is 30. The Bertz CT molecular complexity index is 935. The van der Waals surface area contributed by atoms with Crippen LogP contribution in [0.15, 0.2) is 0 Å². The van der Waals surface area contributed by atoms with Gasteiger partial charge in [-0.15, -0.1) is 0 Å². The molecule has 8 heteroatoms. The van der Waals surface area contributed by atoms with E-state index in [4.69, 9.17) is 24.1 Å². The fraction of sp³-hybridized carbons (Fsp3) is 0.964. The van der Waals surface area contributed by atoms with Gasteiger partial charge in [0.1, 0.15) is 12.2 Å². The van der Waals surface area contributed by atoms with Crippen molar-refractivity contribution in [3.8, 4) is 0 Å². The number of ether oxygens (including phenoxy) is 4. The van der Waals surface area contributed by atoms with Crippen molar-refractivity contribution in [3.05, 3.63) is 0 Å². The first-order valence-electron chi connectivity index (χ1n) is 28.4. The molecule has 0 fully saturated rings. The van der Waals surface area contributed by atoms with Gasteiger partial charge < -0.3 is 29.0 Å². The van der Waals surface area contributed by atoms with Crippen LogP contribution in [-0.2, 0) is 23.7 Å². The average molecular weight is 911 g/mol. The van der Waals surface area contributed by atoms with E-state index in [2.05, 4.69) is 32.6 Å². The van der Waals surface area contributed by atoms with Gasteiger partial charge >= 0.3 is 12.1 Å². The summed E-state index contributed by atoms with van der Waals surface area (Å²) >= 11 is 0. The topological polar surface area (TPSA) is 94.5 Å². The second-order valence-electron chi connectivity index (χ2n) is 19.3. The molecule has 0 aromatic carbocycles. The fourth-order valence-electron chi connectivity index (χ4n) is 8.86. The molecule has 8 nitrogen and oxygen atoms in total. The third-order valence-corrected chi connectivity index (χ3v) is 13.1. The molecule has 0 saturated heterocycles. The van der Waals surface area contributed by atoms with Crippen molar-refractivity contribution in [1.82, 2.24) is 4.90 Å². The molecule has 0 rings (SSSR count). The number of carbonyl (C=O) groups is 2. The van der Waals surface area contributed by atoms with Crippen LogP contribution in [0.5, 0.6) is 0 Å². The lowest BCUT2D eigenvalue weighted by atomic mass is 10.0. The van der Waals surface area contributed by atoms with Crippen molar-refractivity contribution in [2.24, 2.45) is 0 Å². The van der Waals surface area contributed by atoms with Gasteiger partial charge in [0.15, 0.2) is 0 Å². The zero-order chi connectivity index (χ0) is 46.7. The van der Waals surface area contributed by atoms with E-state index in [1.165, 1.54) is 167 Å². The molecule has 0 bridgehead atoms. The lowest BCUT2D eigenvalue weighted by Crippen LogP contribution is -2.30. The Labute approximate surface area is 398 Å². The molecule has 0 aliphatic heterocycles. The summed E-state index contributed by atoms with van der Waals surface area (Å²) < 4.78 is 23.2. The van der Waals surface area contributed by atoms with Crippen LogP contribution < -0.4 is 0 Å². The Morgan fingerprint density at radius 3 is 1.17 bits per heavy atom. The average Bonchev–Trinajstić information content (AvgIpc) is 3.29. The largest absolute Gasteiger partial charge is 0.508 e. The van der Waals surface area contributed by atoms with E-state index in [-0.39, 0.29) is 24.8 Å². The van der Waals surface area contributed by atoms with Crippen LogP contribution in [0.2, 0.25) is 0 Å². The normalized spacial score (nSPS) is 12.5. The zero-order valence-electron chi connectivity index (χ0n) is 43.4. The van der Waals surface area contributed by atoms with Crippen LogP contribution >= 0.6 is 0 Å². The van der Waals surface area contributed by atoms with Crippen LogP contribution in [0.3, 0.4) is 0 Å². The summed E-state index contributed by atoms with van der Waals surface area (Å²) in [5.41, 5.74) is 0. The molecule has 64 heavy (non-hydrogen) atoms. The summed E-state index contributed by atoms with van der Waals surface area (Å²) in [4.78, 5) is 28.1. The van der Waals surface area contributed by atoms with Gasteiger partial charge in [-0.1, -0.05) is 207 Å². The predicted octanol–water partition coefficient (Wildman–Crippen LogP) is 16.8. The summed E-state index contributed by atoms with van der Waals surface area (Å²) in [6, 6.07) is 0. The minimum absolute atomic E-state index is 0.00211. The van der Waals surface area contributed by atoms with E-state index in [9.17, 15) is 9.59 Å². The van der Waals surface area contributed by atoms with Crippen LogP contribution in [0.25, 0.3) is 0 Å². The molecule has 0 aliphatic rings. The minimum atomic E-state index is -0.483. The standard InChI is InChI=1S/C56H111NO7/c1-5-9-13-17-21-23-27-34-42-53(41-33-25-19-15-11-7-3)63-55(59)45-37-29-30-38-46-57(48-51-61-52-49-58)47-39-31-32-40-50-62-56(60)64-54(43-35-26-20-16-12-8-4)44-36-28-24-22-18-14-10-6-2/h53-54,58H,5-52H2,1-4H3. The van der Waals surface area contributed by atoms with Gasteiger partial charge in [0, 0.05) is 13.0 Å². The summed E-state index contributed by atoms with van der Waals surface area (Å²) in [5, 5.41) is 9.16. The maximum Gasteiger partial charge on any atom is 0.508 e. The van der Waals surface area contributed by atoms with E-state index in [0.717, 1.165) is 110 Å². The van der Waals surface area contributed by atoms with Crippen molar-refractivity contribution < 1.29 is 33.6 Å². The minimum Gasteiger partial charge on any atom is -0.462 e. The molecule has 0 aromatic rings. The highest BCUT2D eigenvalue weighted by molar-refractivity contribution is 5.69. The van der Waals surface area contributed by atoms with Gasteiger partial charge in [0.2, 0.25) is 0 Å². The quantitative estimate of drug-likeness (QED) is 0.0476. The van der Waals surface area contributed by atoms with Crippen molar-refractivity contribution >= 4 is 12.1 Å². The van der Waals surface area contributed by atoms with E-state index >= 15 is 0 Å². The highest BCUT2D eigenvalue weighted by atomic mass is 16.7. The highest BCUT2D eigenvalue weighted by Crippen LogP contribution is 2.20. The highest BCUT2D eigenvalue weighted by Gasteiger charge is 2.17. The molecule has 0 aliphatic carbocycles. The molecule has 382 valence electrons. The lowest BCUT2D eigenvalue weighted by molar-refractivity contribution is -0.150. The van der Waals surface area contributed by atoms with Gasteiger partial charge in [-0.25, -0.2) is 4.79 Å². The summed E-state index contributed by atoms with van der Waals surface area (Å²) in [7, 11) is 0. The van der Waals surface area contributed by atoms with Gasteiger partial charge in [0.05, 0.1) is 26.4 Å². The van der Waals surface area contributed by atoms with Crippen molar-refractivity contribution in [2.75, 3.05) is 46.1 Å². The number of carbonyl (C=O) groups excluding carboxylic acids is 2. The molecule has 0 radical (unpaired) electrons. The summed E-state index contributed by atoms with van der Waals surface area (Å²) in [5.74, 6) is 0.00211. The van der Waals surface area contributed by atoms with Crippen LogP contribution in [-0.4, -0.2) is 80.4 Å². The smallest absolute Gasteiger partial charge is 0.462 e. The number of rotatable bonds is 53. The molecule has 1 N–H and O–H groups in total. The molecular formula is C56H111NO7. The molecule has 2 unspecified atom stereocenters. The molecule has 0 saturated carbocycles. The Morgan fingerprint density at radius 1 is 0.391 bits per heavy atom. The molecular weight excluding hydrogens is 799 g/mol. The Balaban J connectivity index is 4.51. The number of aliphatic hydroxyl groups is 1. The predicted molar refractivity (Wildman–Crippen MR) is 272 cm³/mol. The number of hydrogen-bond acceptors (Lipinski definition) is 8. The van der Waals surface area contributed by atoms with E-state index in [1.807, 2.05) is 0 Å². The van der Waals surface area contributed by atoms with Crippen molar-refractivity contribution in [2.45, 2.75) is 303 Å². The molecule has 0 spiro atoms. The first-order chi connectivity index (χ1) is 31.5. The Hall–Kier alpha value is -1.38. The van der Waals surface area contributed by atoms with E-state index < -0.39 is 6.16 Å². The van der Waals surface area contributed by atoms with Crippen molar-refractivity contribution in [1.29, 1.82) is 0 Å². The second-order valence-corrected chi connectivity index (χ2v) is 19.3. The van der Waals surface area contributed by atoms with Crippen molar-refractivity contribution in [3.63, 3.8) is 0 Å². The number of hydrogen-bond donors (Lipinski definition) is 1. The van der Waals surface area contributed by atoms with E-state index in [0.29, 0.717) is 26.2 Å². The number of nitrogens with zero attached hydrogens (tertiary/aromatic N) is 1. The fourth-order valence-corrected chi connectivity index (χ4v) is 8.86. The lowest BCUT2D eigenvalue weighted by Gasteiger charge is -2.22. The van der Waals surface area contributed by atoms with Crippen LogP contribution in [0.4, 0.5) is 4.79 Å². The van der Waals surface area contributed by atoms with Gasteiger partial charge in [0.25, 0.3) is 0 Å². The first kappa shape index (κ1) is 62.6. The SMILES string of the molecule is CCCCCCCCCCC(CCCCCCCC)OC(=O)CCCCCCN(CCCCCCOC(=O)OC(CCCCCCCC)CCCCCCCCCC)CCOCCO. The molecule has 0 heterocycles. The molecule has 0 aromatic heterocycles. The van der Waals surface area contributed by atoms with Gasteiger partial charge in [-0.2, -0.15) is 0 Å². The Morgan fingerprint density at radius 2 is 0.750 bits per heavy atom. The maximum atomic E-state index is 12.9. The number of esters is 1. The third-order valence-electron chi connectivity index (χ3n) is 13.1. The number of aliphatic hydroxyl groups excluding tert-OH is 1. The summed E-state index contributed by atoms with van der Waals surface area (Å²) in [6.07, 6.45) is 48.2. The summed E-state index contributed by atoms with van der Waals surface area (Å²) in [6.45, 7) is 13.4. The third kappa shape index (κ3) is 47.1.